The second kappa shape index (κ2) is 5.30. The van der Waals surface area contributed by atoms with Gasteiger partial charge in [0.05, 0.1) is 10.5 Å². The minimum atomic E-state index is -1.30. The fraction of sp³-hybridized carbons (Fsp3) is 0.0769. The van der Waals surface area contributed by atoms with Crippen molar-refractivity contribution in [3.8, 4) is 0 Å². The van der Waals surface area contributed by atoms with Crippen molar-refractivity contribution >= 4 is 15.9 Å². The Bertz CT molecular complexity index is 630. The smallest absolute Gasteiger partial charge is 0.161 e. The second-order valence-corrected chi connectivity index (χ2v) is 4.70. The van der Waals surface area contributed by atoms with E-state index in [2.05, 4.69) is 15.9 Å². The van der Waals surface area contributed by atoms with Crippen LogP contribution in [0, 0.1) is 23.3 Å². The van der Waals surface area contributed by atoms with Crippen LogP contribution >= 0.6 is 15.9 Å². The molecule has 2 aromatic carbocycles. The third-order valence-electron chi connectivity index (χ3n) is 2.69. The Morgan fingerprint density at radius 3 is 2.16 bits per heavy atom. The molecule has 1 unspecified atom stereocenters. The van der Waals surface area contributed by atoms with Crippen LogP contribution in [-0.4, -0.2) is 0 Å². The van der Waals surface area contributed by atoms with Gasteiger partial charge in [0.15, 0.2) is 11.6 Å². The van der Waals surface area contributed by atoms with Gasteiger partial charge in [-0.2, -0.15) is 0 Å². The fourth-order valence-corrected chi connectivity index (χ4v) is 2.22. The first-order valence-electron chi connectivity index (χ1n) is 5.25. The van der Waals surface area contributed by atoms with E-state index in [1.807, 2.05) is 0 Å². The molecule has 0 fully saturated rings. The molecule has 2 N–H and O–H groups in total. The molecule has 0 amide bonds. The van der Waals surface area contributed by atoms with Crippen molar-refractivity contribution in [2.75, 3.05) is 0 Å². The molecule has 19 heavy (non-hydrogen) atoms. The zero-order valence-electron chi connectivity index (χ0n) is 9.43. The van der Waals surface area contributed by atoms with Crippen LogP contribution in [0.25, 0.3) is 0 Å². The van der Waals surface area contributed by atoms with Gasteiger partial charge >= 0.3 is 0 Å². The van der Waals surface area contributed by atoms with Crippen LogP contribution in [0.15, 0.2) is 34.8 Å². The average Bonchev–Trinajstić information content (AvgIpc) is 2.36. The highest BCUT2D eigenvalue weighted by molar-refractivity contribution is 9.10. The van der Waals surface area contributed by atoms with Crippen LogP contribution in [0.4, 0.5) is 17.6 Å². The van der Waals surface area contributed by atoms with Gasteiger partial charge in [-0.1, -0.05) is 12.1 Å². The number of rotatable bonds is 2. The lowest BCUT2D eigenvalue weighted by molar-refractivity contribution is 0.487. The first-order valence-corrected chi connectivity index (χ1v) is 6.05. The van der Waals surface area contributed by atoms with Gasteiger partial charge in [-0.3, -0.25) is 0 Å². The SMILES string of the molecule is NC(c1cc(F)c(F)cc1F)c1cccc(F)c1Br. The van der Waals surface area contributed by atoms with Gasteiger partial charge in [-0.25, -0.2) is 17.6 Å². The molecule has 0 saturated carbocycles. The van der Waals surface area contributed by atoms with Crippen molar-refractivity contribution in [3.63, 3.8) is 0 Å². The van der Waals surface area contributed by atoms with Gasteiger partial charge in [-0.05, 0) is 33.6 Å². The number of hydrogen-bond acceptors (Lipinski definition) is 1. The highest BCUT2D eigenvalue weighted by atomic mass is 79.9. The van der Waals surface area contributed by atoms with E-state index in [0.717, 1.165) is 0 Å². The molecule has 0 radical (unpaired) electrons. The number of nitrogens with two attached hydrogens (primary N) is 1. The molecule has 0 aromatic heterocycles. The molecule has 0 aliphatic heterocycles. The van der Waals surface area contributed by atoms with E-state index in [-0.39, 0.29) is 15.6 Å². The van der Waals surface area contributed by atoms with Crippen LogP contribution in [0.5, 0.6) is 0 Å². The third-order valence-corrected chi connectivity index (χ3v) is 3.53. The summed E-state index contributed by atoms with van der Waals surface area (Å²) in [6.45, 7) is 0. The number of benzene rings is 2. The van der Waals surface area contributed by atoms with Gasteiger partial charge < -0.3 is 5.73 Å². The van der Waals surface area contributed by atoms with Gasteiger partial charge in [0.1, 0.15) is 11.6 Å². The van der Waals surface area contributed by atoms with E-state index >= 15 is 0 Å². The summed E-state index contributed by atoms with van der Waals surface area (Å²) in [4.78, 5) is 0. The van der Waals surface area contributed by atoms with E-state index in [1.54, 1.807) is 0 Å². The van der Waals surface area contributed by atoms with Crippen LogP contribution in [0.2, 0.25) is 0 Å². The molecule has 2 aromatic rings. The molecule has 0 aliphatic rings. The van der Waals surface area contributed by atoms with E-state index in [9.17, 15) is 17.6 Å². The molecular weight excluding hydrogens is 326 g/mol. The van der Waals surface area contributed by atoms with Crippen LogP contribution < -0.4 is 5.73 Å². The van der Waals surface area contributed by atoms with Crippen molar-refractivity contribution in [2.45, 2.75) is 6.04 Å². The Morgan fingerprint density at radius 2 is 1.47 bits per heavy atom. The van der Waals surface area contributed by atoms with E-state index < -0.39 is 29.3 Å². The molecule has 0 aliphatic carbocycles. The van der Waals surface area contributed by atoms with Crippen molar-refractivity contribution in [1.29, 1.82) is 0 Å². The van der Waals surface area contributed by atoms with Gasteiger partial charge in [0, 0.05) is 11.6 Å². The average molecular weight is 334 g/mol. The summed E-state index contributed by atoms with van der Waals surface area (Å²) in [6.07, 6.45) is 0. The van der Waals surface area contributed by atoms with Crippen LogP contribution in [0.1, 0.15) is 17.2 Å². The van der Waals surface area contributed by atoms with E-state index in [0.29, 0.717) is 12.1 Å². The lowest BCUT2D eigenvalue weighted by Gasteiger charge is -2.15. The lowest BCUT2D eigenvalue weighted by atomic mass is 9.99. The summed E-state index contributed by atoms with van der Waals surface area (Å²) in [7, 11) is 0. The second-order valence-electron chi connectivity index (χ2n) is 3.91. The van der Waals surface area contributed by atoms with Crippen LogP contribution in [0.3, 0.4) is 0 Å². The van der Waals surface area contributed by atoms with Gasteiger partial charge in [0.2, 0.25) is 0 Å². The molecule has 100 valence electrons. The minimum absolute atomic E-state index is 0.0617. The topological polar surface area (TPSA) is 26.0 Å². The predicted molar refractivity (Wildman–Crippen MR) is 66.4 cm³/mol. The molecule has 1 atom stereocenters. The highest BCUT2D eigenvalue weighted by Gasteiger charge is 2.20. The predicted octanol–water partition coefficient (Wildman–Crippen LogP) is 4.05. The molecule has 1 nitrogen and oxygen atoms in total. The summed E-state index contributed by atoms with van der Waals surface area (Å²) < 4.78 is 53.0. The molecule has 6 heteroatoms. The summed E-state index contributed by atoms with van der Waals surface area (Å²) in [5, 5.41) is 0. The number of hydrogen-bond donors (Lipinski definition) is 1. The summed E-state index contributed by atoms with van der Waals surface area (Å²) in [5.74, 6) is -4.07. The standard InChI is InChI=1S/C13H8BrF4N/c14-12-6(2-1-3-8(12)15)13(19)7-4-10(17)11(18)5-9(7)16/h1-5,13H,19H2. The lowest BCUT2D eigenvalue weighted by Crippen LogP contribution is -2.15. The number of halogens is 5. The Morgan fingerprint density at radius 1 is 0.842 bits per heavy atom. The van der Waals surface area contributed by atoms with Crippen molar-refractivity contribution < 1.29 is 17.6 Å². The highest BCUT2D eigenvalue weighted by Crippen LogP contribution is 2.30. The van der Waals surface area contributed by atoms with E-state index in [4.69, 9.17) is 5.73 Å². The van der Waals surface area contributed by atoms with Crippen molar-refractivity contribution in [3.05, 3.63) is 69.2 Å². The first-order chi connectivity index (χ1) is 8.91. The first kappa shape index (κ1) is 14.0. The maximum Gasteiger partial charge on any atom is 0.161 e. The minimum Gasteiger partial charge on any atom is -0.320 e. The zero-order chi connectivity index (χ0) is 14.2. The third kappa shape index (κ3) is 2.64. The normalized spacial score (nSPS) is 12.5. The van der Waals surface area contributed by atoms with E-state index in [1.165, 1.54) is 18.2 Å². The molecule has 2 rings (SSSR count). The fourth-order valence-electron chi connectivity index (χ4n) is 1.70. The quantitative estimate of drug-likeness (QED) is 0.651. The molecule has 0 saturated heterocycles. The maximum absolute atomic E-state index is 13.6. The Labute approximate surface area is 115 Å². The largest absolute Gasteiger partial charge is 0.320 e. The molecular formula is C13H8BrF4N. The summed E-state index contributed by atoms with van der Waals surface area (Å²) in [6, 6.07) is 4.04. The molecule has 0 heterocycles. The van der Waals surface area contributed by atoms with Gasteiger partial charge in [0.25, 0.3) is 0 Å². The summed E-state index contributed by atoms with van der Waals surface area (Å²) >= 11 is 2.99. The Balaban J connectivity index is 2.53. The summed E-state index contributed by atoms with van der Waals surface area (Å²) in [5.41, 5.74) is 5.78. The maximum atomic E-state index is 13.6. The zero-order valence-corrected chi connectivity index (χ0v) is 11.0. The van der Waals surface area contributed by atoms with Crippen molar-refractivity contribution in [2.24, 2.45) is 5.73 Å². The Hall–Kier alpha value is -1.40. The molecule has 0 bridgehead atoms. The molecule has 0 spiro atoms. The Kier molecular flexibility index (Phi) is 3.91. The monoisotopic (exact) mass is 333 g/mol. The van der Waals surface area contributed by atoms with Crippen LogP contribution in [-0.2, 0) is 0 Å². The van der Waals surface area contributed by atoms with Gasteiger partial charge in [-0.15, -0.1) is 0 Å². The van der Waals surface area contributed by atoms with Crippen molar-refractivity contribution in [1.82, 2.24) is 0 Å².